The lowest BCUT2D eigenvalue weighted by molar-refractivity contribution is -0.137. The molecule has 1 heterocycles. The molecule has 116 valence electrons. The minimum Gasteiger partial charge on any atom is -0.439 e. The number of benzene rings is 1. The van der Waals surface area contributed by atoms with Gasteiger partial charge in [0.15, 0.2) is 0 Å². The van der Waals surface area contributed by atoms with Gasteiger partial charge in [0.1, 0.15) is 11.9 Å². The summed E-state index contributed by atoms with van der Waals surface area (Å²) in [6.07, 6.45) is 1.11. The molecule has 22 heavy (non-hydrogen) atoms. The molecule has 0 radical (unpaired) electrons. The normalized spacial score (nSPS) is 28.6. The van der Waals surface area contributed by atoms with E-state index in [1.165, 1.54) is 4.90 Å². The summed E-state index contributed by atoms with van der Waals surface area (Å²) < 4.78 is 5.39. The van der Waals surface area contributed by atoms with Crippen LogP contribution in [0.3, 0.4) is 0 Å². The molecule has 5 nitrogen and oxygen atoms in total. The first-order chi connectivity index (χ1) is 10.6. The Morgan fingerprint density at radius 3 is 2.64 bits per heavy atom. The quantitative estimate of drug-likeness (QED) is 0.842. The predicted molar refractivity (Wildman–Crippen MR) is 78.9 cm³/mol. The molecule has 1 aliphatic carbocycles. The topological polar surface area (TPSA) is 63.7 Å². The van der Waals surface area contributed by atoms with Crippen molar-refractivity contribution < 1.29 is 19.1 Å². The van der Waals surface area contributed by atoms with E-state index < -0.39 is 12.2 Å². The first-order valence-corrected chi connectivity index (χ1v) is 7.68. The Morgan fingerprint density at radius 2 is 1.95 bits per heavy atom. The summed E-state index contributed by atoms with van der Waals surface area (Å²) in [7, 11) is 0. The van der Waals surface area contributed by atoms with Crippen LogP contribution in [0.5, 0.6) is 0 Å². The van der Waals surface area contributed by atoms with Gasteiger partial charge >= 0.3 is 6.09 Å². The summed E-state index contributed by atoms with van der Waals surface area (Å²) in [6.45, 7) is 1.81. The van der Waals surface area contributed by atoms with Gasteiger partial charge in [0.25, 0.3) is 0 Å². The van der Waals surface area contributed by atoms with Crippen LogP contribution in [-0.4, -0.2) is 28.7 Å². The Morgan fingerprint density at radius 1 is 1.23 bits per heavy atom. The molecule has 0 N–H and O–H groups in total. The maximum Gasteiger partial charge on any atom is 0.417 e. The predicted octanol–water partition coefficient (Wildman–Crippen LogP) is 2.85. The van der Waals surface area contributed by atoms with E-state index >= 15 is 0 Å². The second-order valence-electron chi connectivity index (χ2n) is 6.00. The molecule has 1 aromatic carbocycles. The molecule has 2 amide bonds. The largest absolute Gasteiger partial charge is 0.439 e. The average Bonchev–Trinajstić information content (AvgIpc) is 2.82. The van der Waals surface area contributed by atoms with Crippen LogP contribution in [0.1, 0.15) is 44.3 Å². The van der Waals surface area contributed by atoms with Crippen molar-refractivity contribution in [3.63, 3.8) is 0 Å². The molecule has 1 saturated carbocycles. The van der Waals surface area contributed by atoms with Gasteiger partial charge in [-0.05, 0) is 25.3 Å². The van der Waals surface area contributed by atoms with Crippen LogP contribution in [0.25, 0.3) is 0 Å². The van der Waals surface area contributed by atoms with E-state index in [9.17, 15) is 14.4 Å². The van der Waals surface area contributed by atoms with Crippen LogP contribution in [0, 0.1) is 5.92 Å². The lowest BCUT2D eigenvalue weighted by Gasteiger charge is -2.26. The lowest BCUT2D eigenvalue weighted by Crippen LogP contribution is -2.43. The van der Waals surface area contributed by atoms with Gasteiger partial charge in [-0.3, -0.25) is 9.59 Å². The number of ether oxygens (including phenoxy) is 1. The highest BCUT2D eigenvalue weighted by atomic mass is 16.6. The first-order valence-electron chi connectivity index (χ1n) is 7.68. The van der Waals surface area contributed by atoms with E-state index in [1.807, 2.05) is 37.3 Å². The van der Waals surface area contributed by atoms with Crippen molar-refractivity contribution in [3.8, 4) is 0 Å². The standard InChI is InChI=1S/C17H19NO4/c1-11-15(12-6-3-2-4-7-12)22-17(21)18(11)16(20)13-8-5-9-14(19)10-13/h2-4,6-7,11,13,15H,5,8-10H2,1H3/t11-,13-,15-/m1/s1. The summed E-state index contributed by atoms with van der Waals surface area (Å²) in [5.41, 5.74) is 0.873. The molecule has 0 bridgehead atoms. The van der Waals surface area contributed by atoms with Crippen molar-refractivity contribution in [2.24, 2.45) is 5.92 Å². The van der Waals surface area contributed by atoms with Gasteiger partial charge in [0.2, 0.25) is 5.91 Å². The van der Waals surface area contributed by atoms with Crippen LogP contribution >= 0.6 is 0 Å². The number of carbonyl (C=O) groups excluding carboxylic acids is 3. The smallest absolute Gasteiger partial charge is 0.417 e. The van der Waals surface area contributed by atoms with Crippen molar-refractivity contribution in [3.05, 3.63) is 35.9 Å². The zero-order valence-corrected chi connectivity index (χ0v) is 12.5. The number of amides is 2. The summed E-state index contributed by atoms with van der Waals surface area (Å²) in [6, 6.07) is 9.04. The summed E-state index contributed by atoms with van der Waals surface area (Å²) >= 11 is 0. The Labute approximate surface area is 129 Å². The number of hydrogen-bond acceptors (Lipinski definition) is 4. The number of cyclic esters (lactones) is 1. The molecule has 0 spiro atoms. The molecule has 1 aliphatic heterocycles. The van der Waals surface area contributed by atoms with E-state index in [0.717, 1.165) is 5.56 Å². The Kier molecular flexibility index (Phi) is 3.96. The minimum atomic E-state index is -0.607. The summed E-state index contributed by atoms with van der Waals surface area (Å²) in [4.78, 5) is 37.5. The van der Waals surface area contributed by atoms with Crippen LogP contribution in [-0.2, 0) is 14.3 Å². The molecule has 3 atom stereocenters. The molecule has 2 aliphatic rings. The van der Waals surface area contributed by atoms with Crippen molar-refractivity contribution >= 4 is 17.8 Å². The van der Waals surface area contributed by atoms with Gasteiger partial charge in [-0.1, -0.05) is 30.3 Å². The van der Waals surface area contributed by atoms with E-state index in [0.29, 0.717) is 19.3 Å². The van der Waals surface area contributed by atoms with Crippen LogP contribution in [0.2, 0.25) is 0 Å². The van der Waals surface area contributed by atoms with Gasteiger partial charge in [0, 0.05) is 18.8 Å². The maximum atomic E-state index is 12.6. The SMILES string of the molecule is C[C@@H]1[C@H](c2ccccc2)OC(=O)N1C(=O)[C@@H]1CCCC(=O)C1. The van der Waals surface area contributed by atoms with Gasteiger partial charge < -0.3 is 4.74 Å². The number of Topliss-reactive ketones (excluding diaryl/α,β-unsaturated/α-hetero) is 1. The zero-order valence-electron chi connectivity index (χ0n) is 12.5. The average molecular weight is 301 g/mol. The molecule has 2 fully saturated rings. The Hall–Kier alpha value is -2.17. The number of rotatable bonds is 2. The minimum absolute atomic E-state index is 0.101. The number of nitrogens with zero attached hydrogens (tertiary/aromatic N) is 1. The number of hydrogen-bond donors (Lipinski definition) is 0. The van der Waals surface area contributed by atoms with Crippen LogP contribution in [0.15, 0.2) is 30.3 Å². The van der Waals surface area contributed by atoms with Crippen molar-refractivity contribution in [2.75, 3.05) is 0 Å². The van der Waals surface area contributed by atoms with Crippen molar-refractivity contribution in [1.82, 2.24) is 4.90 Å². The zero-order chi connectivity index (χ0) is 15.7. The summed E-state index contributed by atoms with van der Waals surface area (Å²) in [5.74, 6) is -0.556. The van der Waals surface area contributed by atoms with Crippen molar-refractivity contribution in [1.29, 1.82) is 0 Å². The van der Waals surface area contributed by atoms with E-state index in [-0.39, 0.29) is 30.1 Å². The summed E-state index contributed by atoms with van der Waals surface area (Å²) in [5, 5.41) is 0. The Bertz CT molecular complexity index is 598. The van der Waals surface area contributed by atoms with E-state index in [4.69, 9.17) is 4.74 Å². The fourth-order valence-electron chi connectivity index (χ4n) is 3.28. The van der Waals surface area contributed by atoms with E-state index in [2.05, 4.69) is 0 Å². The van der Waals surface area contributed by atoms with Crippen LogP contribution < -0.4 is 0 Å². The fourth-order valence-corrected chi connectivity index (χ4v) is 3.28. The molecule has 0 unspecified atom stereocenters. The first kappa shape index (κ1) is 14.8. The molecular formula is C17H19NO4. The molecule has 1 saturated heterocycles. The highest BCUT2D eigenvalue weighted by molar-refractivity contribution is 5.97. The molecule has 5 heteroatoms. The van der Waals surface area contributed by atoms with Crippen molar-refractivity contribution in [2.45, 2.75) is 44.8 Å². The monoisotopic (exact) mass is 301 g/mol. The Balaban J connectivity index is 1.78. The molecule has 3 rings (SSSR count). The maximum absolute atomic E-state index is 12.6. The molecular weight excluding hydrogens is 282 g/mol. The molecule has 0 aromatic heterocycles. The van der Waals surface area contributed by atoms with Gasteiger partial charge in [-0.2, -0.15) is 0 Å². The fraction of sp³-hybridized carbons (Fsp3) is 0.471. The second-order valence-corrected chi connectivity index (χ2v) is 6.00. The van der Waals surface area contributed by atoms with Gasteiger partial charge in [-0.25, -0.2) is 9.69 Å². The number of carbonyl (C=O) groups is 3. The lowest BCUT2D eigenvalue weighted by atomic mass is 9.87. The van der Waals surface area contributed by atoms with Gasteiger partial charge in [-0.15, -0.1) is 0 Å². The third-order valence-electron chi connectivity index (χ3n) is 4.47. The molecule has 1 aromatic rings. The van der Waals surface area contributed by atoms with Gasteiger partial charge in [0.05, 0.1) is 6.04 Å². The van der Waals surface area contributed by atoms with E-state index in [1.54, 1.807) is 0 Å². The van der Waals surface area contributed by atoms with Crippen LogP contribution in [0.4, 0.5) is 4.79 Å². The number of ketones is 1. The number of imide groups is 1. The highest BCUT2D eigenvalue weighted by Crippen LogP contribution is 2.35. The third kappa shape index (κ3) is 2.63. The third-order valence-corrected chi connectivity index (χ3v) is 4.47. The second kappa shape index (κ2) is 5.91. The highest BCUT2D eigenvalue weighted by Gasteiger charge is 2.45.